The van der Waals surface area contributed by atoms with Gasteiger partial charge >= 0.3 is 0 Å². The highest BCUT2D eigenvalue weighted by Crippen LogP contribution is 2.59. The van der Waals surface area contributed by atoms with E-state index >= 15 is 0 Å². The number of benzene rings is 2. The Bertz CT molecular complexity index is 610. The molecule has 2 aromatic carbocycles. The van der Waals surface area contributed by atoms with Gasteiger partial charge in [0.1, 0.15) is 6.47 Å². The normalized spacial score (nSPS) is 13.0. The molecule has 2 rings (SSSR count). The third kappa shape index (κ3) is 7.74. The second-order valence-electron chi connectivity index (χ2n) is 4.88. The van der Waals surface area contributed by atoms with Crippen LogP contribution in [0.2, 0.25) is 0 Å². The van der Waals surface area contributed by atoms with Crippen molar-refractivity contribution in [2.75, 3.05) is 0 Å². The van der Waals surface area contributed by atoms with Crippen LogP contribution in [0, 0.1) is 0 Å². The number of alkyl halides is 10. The van der Waals surface area contributed by atoms with Crippen molar-refractivity contribution in [2.24, 2.45) is 0 Å². The summed E-state index contributed by atoms with van der Waals surface area (Å²) in [5.74, 6) is 0. The fraction of sp³-hybridized carbons (Fsp3) is 0.250. The van der Waals surface area contributed by atoms with E-state index in [1.54, 1.807) is 0 Å². The van der Waals surface area contributed by atoms with Gasteiger partial charge in [0, 0.05) is 0 Å². The molecule has 0 spiro atoms. The van der Waals surface area contributed by atoms with Crippen LogP contribution in [-0.4, -0.2) is 4.29 Å². The zero-order valence-corrected chi connectivity index (χ0v) is 28.4. The quantitative estimate of drug-likeness (QED) is 0.263. The lowest BCUT2D eigenvalue weighted by Crippen LogP contribution is -2.25. The molecule has 0 amide bonds. The SMILES string of the molecule is BrC(Br)(Br)C(Br)(Br)c1ccccc1.BrC(Br)(Br)C(Br)(Br)c1ccccc1. The largest absolute Gasteiger partial charge is 0.163 e. The van der Waals surface area contributed by atoms with Crippen LogP contribution in [0.15, 0.2) is 60.7 Å². The predicted molar refractivity (Wildman–Crippen MR) is 151 cm³/mol. The molecule has 0 saturated heterocycles. The summed E-state index contributed by atoms with van der Waals surface area (Å²) in [4.78, 5) is 0. The summed E-state index contributed by atoms with van der Waals surface area (Å²) in [7, 11) is 0. The highest BCUT2D eigenvalue weighted by atomic mass is 80.0. The Kier molecular flexibility index (Phi) is 11.8. The first-order valence-electron chi connectivity index (χ1n) is 6.71. The van der Waals surface area contributed by atoms with Gasteiger partial charge in [0.05, 0.1) is 0 Å². The van der Waals surface area contributed by atoms with Gasteiger partial charge in [-0.15, -0.1) is 0 Å². The minimum Gasteiger partial charge on any atom is -0.0639 e. The zero-order valence-electron chi connectivity index (χ0n) is 12.6. The van der Waals surface area contributed by atoms with Crippen molar-refractivity contribution in [2.45, 2.75) is 10.8 Å². The Morgan fingerprint density at radius 1 is 0.385 bits per heavy atom. The lowest BCUT2D eigenvalue weighted by molar-refractivity contribution is 1.02. The van der Waals surface area contributed by atoms with Gasteiger partial charge in [-0.3, -0.25) is 0 Å². The van der Waals surface area contributed by atoms with Gasteiger partial charge in [-0.2, -0.15) is 0 Å². The molecule has 26 heavy (non-hydrogen) atoms. The third-order valence-electron chi connectivity index (χ3n) is 2.98. The second kappa shape index (κ2) is 11.2. The van der Waals surface area contributed by atoms with Gasteiger partial charge in [-0.25, -0.2) is 0 Å². The lowest BCUT2D eigenvalue weighted by atomic mass is 10.2. The molecule has 144 valence electrons. The molecule has 0 atom stereocenters. The van der Waals surface area contributed by atoms with E-state index in [0.29, 0.717) is 0 Å². The Morgan fingerprint density at radius 2 is 0.615 bits per heavy atom. The van der Waals surface area contributed by atoms with Crippen LogP contribution in [0.5, 0.6) is 0 Å². The Hall–Kier alpha value is 3.24. The monoisotopic (exact) mass is 991 g/mol. The van der Waals surface area contributed by atoms with Crippen LogP contribution >= 0.6 is 159 Å². The predicted octanol–water partition coefficient (Wildman–Crippen LogP) is 10.9. The van der Waals surface area contributed by atoms with Gasteiger partial charge in [-0.05, 0) is 11.1 Å². The van der Waals surface area contributed by atoms with Gasteiger partial charge in [0.25, 0.3) is 0 Å². The molecule has 0 heterocycles. The maximum Gasteiger partial charge on any atom is 0.163 e. The van der Waals surface area contributed by atoms with Crippen molar-refractivity contribution in [3.05, 3.63) is 71.8 Å². The summed E-state index contributed by atoms with van der Waals surface area (Å²) >= 11 is 35.2. The van der Waals surface area contributed by atoms with E-state index in [4.69, 9.17) is 0 Å². The molecule has 10 heteroatoms. The van der Waals surface area contributed by atoms with Gasteiger partial charge in [0.15, 0.2) is 4.29 Å². The van der Waals surface area contributed by atoms with Crippen molar-refractivity contribution < 1.29 is 0 Å². The summed E-state index contributed by atoms with van der Waals surface area (Å²) in [5, 5.41) is 0. The van der Waals surface area contributed by atoms with Crippen molar-refractivity contribution in [1.82, 2.24) is 0 Å². The minimum absolute atomic E-state index is 0.395. The summed E-state index contributed by atoms with van der Waals surface area (Å²) in [6, 6.07) is 20.1. The van der Waals surface area contributed by atoms with Gasteiger partial charge < -0.3 is 0 Å². The number of halogens is 10. The molecular weight excluding hydrogens is 991 g/mol. The summed E-state index contributed by atoms with van der Waals surface area (Å²) in [6.45, 7) is 0. The van der Waals surface area contributed by atoms with Crippen LogP contribution in [0.4, 0.5) is 0 Å². The molecule has 0 aliphatic carbocycles. The van der Waals surface area contributed by atoms with E-state index in [1.165, 1.54) is 0 Å². The van der Waals surface area contributed by atoms with Crippen LogP contribution in [0.25, 0.3) is 0 Å². The van der Waals surface area contributed by atoms with E-state index < -0.39 is 10.8 Å². The molecule has 0 bridgehead atoms. The molecule has 0 saturated carbocycles. The average molecular weight is 1000 g/mol. The topological polar surface area (TPSA) is 0 Å². The fourth-order valence-corrected chi connectivity index (χ4v) is 4.05. The van der Waals surface area contributed by atoms with Crippen LogP contribution in [-0.2, 0) is 6.47 Å². The Balaban J connectivity index is 0.000000260. The molecule has 0 fully saturated rings. The highest BCUT2D eigenvalue weighted by Gasteiger charge is 2.44. The standard InChI is InChI=1S/2C8H5Br5/c2*9-7(10,8(11,12)13)6-4-2-1-3-5-6/h2*1-5H. The second-order valence-corrected chi connectivity index (χ2v) is 25.3. The molecule has 0 N–H and O–H groups in total. The molecule has 0 aliphatic heterocycles. The molecule has 0 aromatic heterocycles. The van der Waals surface area contributed by atoms with E-state index in [9.17, 15) is 0 Å². The van der Waals surface area contributed by atoms with Crippen molar-refractivity contribution in [3.63, 3.8) is 0 Å². The molecule has 0 unspecified atom stereocenters. The molecule has 2 aromatic rings. The molecular formula is C16H10Br10. The van der Waals surface area contributed by atoms with Crippen LogP contribution in [0.3, 0.4) is 0 Å². The highest BCUT2D eigenvalue weighted by molar-refractivity contribution is 9.42. The molecule has 0 aliphatic rings. The summed E-state index contributed by atoms with van der Waals surface area (Å²) < 4.78 is -1.65. The minimum atomic E-state index is -0.429. The first kappa shape index (κ1) is 27.3. The number of rotatable bonds is 2. The summed E-state index contributed by atoms with van der Waals surface area (Å²) in [6.07, 6.45) is 0. The average Bonchev–Trinajstić information content (AvgIpc) is 2.55. The molecule has 0 radical (unpaired) electrons. The third-order valence-corrected chi connectivity index (χ3v) is 17.1. The van der Waals surface area contributed by atoms with E-state index in [2.05, 4.69) is 159 Å². The van der Waals surface area contributed by atoms with Gasteiger partial charge in [0.2, 0.25) is 0 Å². The van der Waals surface area contributed by atoms with Crippen LogP contribution in [0.1, 0.15) is 11.1 Å². The maximum atomic E-state index is 3.59. The smallest absolute Gasteiger partial charge is 0.0639 e. The van der Waals surface area contributed by atoms with Gasteiger partial charge in [-0.1, -0.05) is 220 Å². The number of hydrogen-bond acceptors (Lipinski definition) is 0. The maximum absolute atomic E-state index is 3.59. The van der Waals surface area contributed by atoms with Crippen LogP contribution < -0.4 is 0 Å². The van der Waals surface area contributed by atoms with E-state index in [-0.39, 0.29) is 0 Å². The molecule has 0 nitrogen and oxygen atoms in total. The van der Waals surface area contributed by atoms with Crippen molar-refractivity contribution >= 4 is 159 Å². The lowest BCUT2D eigenvalue weighted by Gasteiger charge is -2.29. The van der Waals surface area contributed by atoms with E-state index in [0.717, 1.165) is 11.1 Å². The zero-order chi connectivity index (χ0) is 20.2. The fourth-order valence-electron chi connectivity index (χ4n) is 1.62. The first-order valence-corrected chi connectivity index (χ1v) is 14.6. The van der Waals surface area contributed by atoms with E-state index in [1.807, 2.05) is 60.7 Å². The summed E-state index contributed by atoms with van der Waals surface area (Å²) in [5.41, 5.74) is 2.22. The Labute approximate surface area is 238 Å². The first-order chi connectivity index (χ1) is 11.7. The van der Waals surface area contributed by atoms with Crippen molar-refractivity contribution in [3.8, 4) is 0 Å². The Morgan fingerprint density at radius 3 is 0.808 bits per heavy atom. The number of hydrogen-bond donors (Lipinski definition) is 0. The van der Waals surface area contributed by atoms with Crippen molar-refractivity contribution in [1.29, 1.82) is 0 Å².